The highest BCUT2D eigenvalue weighted by Gasteiger charge is 2.37. The highest BCUT2D eigenvalue weighted by Crippen LogP contribution is 2.29. The molecule has 1 aromatic carbocycles. The molecule has 0 N–H and O–H groups in total. The third-order valence-corrected chi connectivity index (χ3v) is 3.96. The second-order valence-electron chi connectivity index (χ2n) is 4.56. The van der Waals surface area contributed by atoms with Crippen LogP contribution in [0.1, 0.15) is 18.3 Å². The molecule has 22 heavy (non-hydrogen) atoms. The second kappa shape index (κ2) is 7.04. The molecule has 2 aromatic rings. The molecule has 0 unspecified atom stereocenters. The van der Waals surface area contributed by atoms with Crippen LogP contribution in [0.3, 0.4) is 0 Å². The molecule has 0 atom stereocenters. The molecular weight excluding hydrogens is 315 g/mol. The van der Waals surface area contributed by atoms with Crippen molar-refractivity contribution in [2.75, 3.05) is 12.4 Å². The van der Waals surface area contributed by atoms with E-state index in [2.05, 4.69) is 17.1 Å². The lowest BCUT2D eigenvalue weighted by atomic mass is 10.2. The van der Waals surface area contributed by atoms with Gasteiger partial charge >= 0.3 is 6.18 Å². The molecule has 0 fully saturated rings. The van der Waals surface area contributed by atoms with Crippen LogP contribution in [0.15, 0.2) is 29.4 Å². The number of ether oxygens (including phenoxy) is 1. The van der Waals surface area contributed by atoms with Gasteiger partial charge in [-0.25, -0.2) is 0 Å². The summed E-state index contributed by atoms with van der Waals surface area (Å²) in [4.78, 5) is 0. The van der Waals surface area contributed by atoms with Crippen molar-refractivity contribution >= 4 is 11.8 Å². The molecule has 0 bridgehead atoms. The van der Waals surface area contributed by atoms with Gasteiger partial charge in [0.2, 0.25) is 5.82 Å². The van der Waals surface area contributed by atoms with Gasteiger partial charge < -0.3 is 9.30 Å². The van der Waals surface area contributed by atoms with Crippen LogP contribution in [0.5, 0.6) is 5.75 Å². The third kappa shape index (κ3) is 4.16. The first-order valence-corrected chi connectivity index (χ1v) is 7.71. The summed E-state index contributed by atoms with van der Waals surface area (Å²) in [6, 6.07) is 7.74. The molecule has 0 saturated carbocycles. The average molecular weight is 331 g/mol. The van der Waals surface area contributed by atoms with Crippen LogP contribution in [-0.4, -0.2) is 27.1 Å². The summed E-state index contributed by atoms with van der Waals surface area (Å²) in [6.45, 7) is 2.44. The predicted octanol–water partition coefficient (Wildman–Crippen LogP) is 3.57. The lowest BCUT2D eigenvalue weighted by Gasteiger charge is -2.08. The van der Waals surface area contributed by atoms with Gasteiger partial charge in [-0.2, -0.15) is 13.2 Å². The van der Waals surface area contributed by atoms with Crippen molar-refractivity contribution in [2.45, 2.75) is 24.7 Å². The molecule has 0 aliphatic heterocycles. The van der Waals surface area contributed by atoms with E-state index in [1.54, 1.807) is 0 Å². The van der Waals surface area contributed by atoms with Crippen molar-refractivity contribution in [1.29, 1.82) is 0 Å². The Morgan fingerprint density at radius 3 is 2.68 bits per heavy atom. The Bertz CT molecular complexity index is 628. The molecule has 0 aliphatic rings. The van der Waals surface area contributed by atoms with E-state index in [9.17, 15) is 13.2 Å². The lowest BCUT2D eigenvalue weighted by molar-refractivity contribution is -0.147. The van der Waals surface area contributed by atoms with E-state index in [-0.39, 0.29) is 5.16 Å². The van der Waals surface area contributed by atoms with Gasteiger partial charge in [0.25, 0.3) is 0 Å². The summed E-state index contributed by atoms with van der Waals surface area (Å²) < 4.78 is 44.3. The van der Waals surface area contributed by atoms with Crippen molar-refractivity contribution in [3.05, 3.63) is 35.7 Å². The Morgan fingerprint density at radius 1 is 1.27 bits per heavy atom. The molecule has 0 radical (unpaired) electrons. The van der Waals surface area contributed by atoms with Gasteiger partial charge in [-0.1, -0.05) is 30.8 Å². The molecule has 2 rings (SSSR count). The molecule has 1 aromatic heterocycles. The third-order valence-electron chi connectivity index (χ3n) is 2.98. The molecule has 0 spiro atoms. The van der Waals surface area contributed by atoms with Gasteiger partial charge in [-0.15, -0.1) is 10.2 Å². The van der Waals surface area contributed by atoms with E-state index in [4.69, 9.17) is 4.74 Å². The van der Waals surface area contributed by atoms with Crippen LogP contribution < -0.4 is 4.74 Å². The highest BCUT2D eigenvalue weighted by atomic mass is 32.2. The number of hydrogen-bond donors (Lipinski definition) is 0. The number of halogens is 3. The van der Waals surface area contributed by atoms with Crippen molar-refractivity contribution < 1.29 is 17.9 Å². The fourth-order valence-corrected chi connectivity index (χ4v) is 2.56. The number of aromatic nitrogens is 3. The SMILES string of the molecule is CCc1cccc(OCCSc2nnc(C(F)(F)F)n2C)c1. The molecule has 0 aliphatic carbocycles. The van der Waals surface area contributed by atoms with Crippen molar-refractivity contribution in [3.8, 4) is 5.75 Å². The van der Waals surface area contributed by atoms with Crippen LogP contribution in [-0.2, 0) is 19.6 Å². The quantitative estimate of drug-likeness (QED) is 0.599. The maximum atomic E-state index is 12.6. The molecule has 1 heterocycles. The van der Waals surface area contributed by atoms with Gasteiger partial charge in [0.1, 0.15) is 5.75 Å². The van der Waals surface area contributed by atoms with E-state index in [0.29, 0.717) is 12.4 Å². The van der Waals surface area contributed by atoms with E-state index in [0.717, 1.165) is 16.7 Å². The number of aryl methyl sites for hydroxylation is 1. The Kier molecular flexibility index (Phi) is 5.33. The summed E-state index contributed by atoms with van der Waals surface area (Å²) in [5.41, 5.74) is 1.17. The second-order valence-corrected chi connectivity index (χ2v) is 5.62. The maximum Gasteiger partial charge on any atom is 0.451 e. The zero-order chi connectivity index (χ0) is 16.2. The predicted molar refractivity (Wildman–Crippen MR) is 78.0 cm³/mol. The Balaban J connectivity index is 1.85. The lowest BCUT2D eigenvalue weighted by Crippen LogP contribution is -2.13. The first-order chi connectivity index (χ1) is 10.4. The summed E-state index contributed by atoms with van der Waals surface area (Å²) >= 11 is 1.18. The normalized spacial score (nSPS) is 11.7. The fraction of sp³-hybridized carbons (Fsp3) is 0.429. The largest absolute Gasteiger partial charge is 0.493 e. The summed E-state index contributed by atoms with van der Waals surface area (Å²) in [5.74, 6) is 0.251. The number of rotatable bonds is 6. The van der Waals surface area contributed by atoms with E-state index >= 15 is 0 Å². The number of hydrogen-bond acceptors (Lipinski definition) is 4. The average Bonchev–Trinajstić information content (AvgIpc) is 2.85. The first-order valence-electron chi connectivity index (χ1n) is 6.73. The number of alkyl halides is 3. The topological polar surface area (TPSA) is 39.9 Å². The van der Waals surface area contributed by atoms with Crippen LogP contribution in [0, 0.1) is 0 Å². The van der Waals surface area contributed by atoms with Crippen LogP contribution in [0.25, 0.3) is 0 Å². The Hall–Kier alpha value is -1.70. The summed E-state index contributed by atoms with van der Waals surface area (Å²) in [6.07, 6.45) is -3.57. The zero-order valence-corrected chi connectivity index (χ0v) is 13.0. The maximum absolute atomic E-state index is 12.6. The minimum atomic E-state index is -4.49. The van der Waals surface area contributed by atoms with E-state index < -0.39 is 12.0 Å². The van der Waals surface area contributed by atoms with Crippen molar-refractivity contribution in [3.63, 3.8) is 0 Å². The van der Waals surface area contributed by atoms with E-state index in [1.165, 1.54) is 24.4 Å². The number of benzene rings is 1. The minimum Gasteiger partial charge on any atom is -0.493 e. The van der Waals surface area contributed by atoms with Crippen molar-refractivity contribution in [2.24, 2.45) is 7.05 Å². The molecule has 4 nitrogen and oxygen atoms in total. The van der Waals surface area contributed by atoms with Crippen molar-refractivity contribution in [1.82, 2.24) is 14.8 Å². The number of thioether (sulfide) groups is 1. The highest BCUT2D eigenvalue weighted by molar-refractivity contribution is 7.99. The molecule has 0 amide bonds. The van der Waals surface area contributed by atoms with Crippen LogP contribution in [0.4, 0.5) is 13.2 Å². The minimum absolute atomic E-state index is 0.221. The molecule has 0 saturated heterocycles. The zero-order valence-electron chi connectivity index (χ0n) is 12.2. The molecule has 8 heteroatoms. The fourth-order valence-electron chi connectivity index (χ4n) is 1.84. The van der Waals surface area contributed by atoms with Gasteiger partial charge in [-0.3, -0.25) is 0 Å². The van der Waals surface area contributed by atoms with Gasteiger partial charge in [0, 0.05) is 12.8 Å². The summed E-state index contributed by atoms with van der Waals surface area (Å²) in [7, 11) is 1.30. The standard InChI is InChI=1S/C14H16F3N3OS/c1-3-10-5-4-6-11(9-10)21-7-8-22-13-19-18-12(20(13)2)14(15,16)17/h4-6,9H,3,7-8H2,1-2H3. The van der Waals surface area contributed by atoms with Gasteiger partial charge in [-0.05, 0) is 24.1 Å². The Morgan fingerprint density at radius 2 is 2.05 bits per heavy atom. The summed E-state index contributed by atoms with van der Waals surface area (Å²) in [5, 5.41) is 6.95. The molecule has 120 valence electrons. The van der Waals surface area contributed by atoms with E-state index in [1.807, 2.05) is 24.3 Å². The first kappa shape index (κ1) is 16.7. The van der Waals surface area contributed by atoms with Gasteiger partial charge in [0.15, 0.2) is 5.16 Å². The Labute approximate surface area is 130 Å². The van der Waals surface area contributed by atoms with Gasteiger partial charge in [0.05, 0.1) is 6.61 Å². The smallest absolute Gasteiger partial charge is 0.451 e. The monoisotopic (exact) mass is 331 g/mol. The van der Waals surface area contributed by atoms with Crippen LogP contribution >= 0.6 is 11.8 Å². The number of nitrogens with zero attached hydrogens (tertiary/aromatic N) is 3. The van der Waals surface area contributed by atoms with Crippen LogP contribution in [0.2, 0.25) is 0 Å². The molecular formula is C14H16F3N3OS.